The largest absolute Gasteiger partial charge is 0.480 e. The van der Waals surface area contributed by atoms with E-state index in [-0.39, 0.29) is 5.69 Å². The maximum Gasteiger partial charge on any atom is 0.322 e. The highest BCUT2D eigenvalue weighted by Gasteiger charge is 2.29. The number of carboxylic acids is 1. The van der Waals surface area contributed by atoms with Crippen LogP contribution in [0, 0.1) is 34.1 Å². The summed E-state index contributed by atoms with van der Waals surface area (Å²) in [5, 5.41) is 36.3. The summed E-state index contributed by atoms with van der Waals surface area (Å²) >= 11 is 0. The lowest BCUT2D eigenvalue weighted by Crippen LogP contribution is -2.29. The van der Waals surface area contributed by atoms with E-state index in [0.717, 1.165) is 17.7 Å². The van der Waals surface area contributed by atoms with Crippen molar-refractivity contribution in [2.75, 3.05) is 11.9 Å². The molecule has 146 valence electrons. The first-order valence-electron chi connectivity index (χ1n) is 7.91. The first-order valence-corrected chi connectivity index (χ1v) is 7.91. The van der Waals surface area contributed by atoms with Gasteiger partial charge in [-0.3, -0.25) is 29.8 Å². The van der Waals surface area contributed by atoms with Crippen molar-refractivity contribution < 1.29 is 24.5 Å². The van der Waals surface area contributed by atoms with Gasteiger partial charge in [0.05, 0.1) is 15.4 Å². The minimum atomic E-state index is -1.33. The van der Waals surface area contributed by atoms with Gasteiger partial charge in [0.1, 0.15) is 6.54 Å². The van der Waals surface area contributed by atoms with Crippen LogP contribution < -0.4 is 10.6 Å². The summed E-state index contributed by atoms with van der Waals surface area (Å²) in [6.45, 7) is 2.86. The molecule has 11 heteroatoms. The minimum absolute atomic E-state index is 0.378. The third kappa shape index (κ3) is 4.58. The predicted octanol–water partition coefficient (Wildman–Crippen LogP) is 2.68. The van der Waals surface area contributed by atoms with E-state index in [9.17, 15) is 29.8 Å². The van der Waals surface area contributed by atoms with Gasteiger partial charge in [-0.1, -0.05) is 17.7 Å². The second-order valence-corrected chi connectivity index (χ2v) is 5.92. The number of aliphatic carboxylic acids is 1. The van der Waals surface area contributed by atoms with Gasteiger partial charge in [-0.25, -0.2) is 0 Å². The number of hydrogen-bond donors (Lipinski definition) is 3. The number of nitrogens with zero attached hydrogens (tertiary/aromatic N) is 2. The fourth-order valence-corrected chi connectivity index (χ4v) is 2.51. The van der Waals surface area contributed by atoms with Gasteiger partial charge >= 0.3 is 17.3 Å². The molecule has 0 aromatic heterocycles. The van der Waals surface area contributed by atoms with Gasteiger partial charge < -0.3 is 15.7 Å². The lowest BCUT2D eigenvalue weighted by Gasteiger charge is -2.12. The fraction of sp³-hybridized carbons (Fsp3) is 0.176. The fourth-order valence-electron chi connectivity index (χ4n) is 2.51. The normalized spacial score (nSPS) is 10.2. The Hall–Kier alpha value is -4.02. The molecule has 0 radical (unpaired) electrons. The molecule has 0 bridgehead atoms. The van der Waals surface area contributed by atoms with Crippen LogP contribution in [0.5, 0.6) is 0 Å². The van der Waals surface area contributed by atoms with Crippen LogP contribution in [0.3, 0.4) is 0 Å². The molecule has 0 aliphatic rings. The Balaban J connectivity index is 2.57. The van der Waals surface area contributed by atoms with Crippen molar-refractivity contribution in [3.05, 3.63) is 67.3 Å². The number of anilines is 2. The molecule has 11 nitrogen and oxygen atoms in total. The molecule has 28 heavy (non-hydrogen) atoms. The highest BCUT2D eigenvalue weighted by molar-refractivity contribution is 5.99. The Labute approximate surface area is 158 Å². The summed E-state index contributed by atoms with van der Waals surface area (Å²) in [5.74, 6) is -2.31. The van der Waals surface area contributed by atoms with Crippen molar-refractivity contribution >= 4 is 34.6 Å². The van der Waals surface area contributed by atoms with Gasteiger partial charge in [-0.2, -0.15) is 0 Å². The van der Waals surface area contributed by atoms with Gasteiger partial charge in [0, 0.05) is 17.8 Å². The van der Waals surface area contributed by atoms with E-state index in [0.29, 0.717) is 11.3 Å². The molecule has 2 aromatic rings. The molecule has 0 aliphatic carbocycles. The average Bonchev–Trinajstić information content (AvgIpc) is 2.61. The molecule has 0 heterocycles. The van der Waals surface area contributed by atoms with Crippen LogP contribution in [0.2, 0.25) is 0 Å². The number of carbonyl (C=O) groups excluding carboxylic acids is 1. The van der Waals surface area contributed by atoms with E-state index in [1.807, 2.05) is 12.2 Å². The third-order valence-corrected chi connectivity index (χ3v) is 3.79. The number of hydrogen-bond acceptors (Lipinski definition) is 7. The standard InChI is InChI=1S/C17H16N4O7/c1-9-3-4-12(10(2)5-9)19-16-13(20(25)26)6-11(7-14(16)21(27)28)17(24)18-8-15(22)23/h3-7,19H,8H2,1-2H3,(H,18,24)(H,22,23). The average molecular weight is 388 g/mol. The second-order valence-electron chi connectivity index (χ2n) is 5.92. The van der Waals surface area contributed by atoms with E-state index < -0.39 is 45.2 Å². The van der Waals surface area contributed by atoms with Crippen LogP contribution in [-0.2, 0) is 4.79 Å². The SMILES string of the molecule is Cc1ccc(Nc2c([N+](=O)[O-])cc(C(=O)NCC(=O)O)cc2[N+](=O)[O-])c(C)c1. The Bertz CT molecular complexity index is 952. The highest BCUT2D eigenvalue weighted by atomic mass is 16.6. The van der Waals surface area contributed by atoms with Crippen molar-refractivity contribution in [2.24, 2.45) is 0 Å². The zero-order valence-electron chi connectivity index (χ0n) is 14.9. The van der Waals surface area contributed by atoms with Gasteiger partial charge in [0.2, 0.25) is 0 Å². The monoisotopic (exact) mass is 388 g/mol. The zero-order valence-corrected chi connectivity index (χ0v) is 14.9. The van der Waals surface area contributed by atoms with E-state index in [1.54, 1.807) is 25.1 Å². The Morgan fingerprint density at radius 3 is 2.07 bits per heavy atom. The molecule has 3 N–H and O–H groups in total. The number of carbonyl (C=O) groups is 2. The summed E-state index contributed by atoms with van der Waals surface area (Å²) in [4.78, 5) is 43.8. The summed E-state index contributed by atoms with van der Waals surface area (Å²) in [6, 6.07) is 6.88. The molecule has 0 unspecified atom stereocenters. The van der Waals surface area contributed by atoms with Crippen LogP contribution in [-0.4, -0.2) is 33.4 Å². The predicted molar refractivity (Wildman–Crippen MR) is 98.9 cm³/mol. The summed E-state index contributed by atoms with van der Waals surface area (Å²) < 4.78 is 0. The molecule has 0 saturated heterocycles. The van der Waals surface area contributed by atoms with E-state index >= 15 is 0 Å². The summed E-state index contributed by atoms with van der Waals surface area (Å²) in [5.41, 5.74) is -0.0592. The molecule has 0 aliphatic heterocycles. The number of nitrogens with one attached hydrogen (secondary N) is 2. The van der Waals surface area contributed by atoms with E-state index in [4.69, 9.17) is 5.11 Å². The number of aryl methyl sites for hydroxylation is 2. The quantitative estimate of drug-likeness (QED) is 0.481. The maximum atomic E-state index is 12.0. The topological polar surface area (TPSA) is 165 Å². The van der Waals surface area contributed by atoms with E-state index in [1.165, 1.54) is 0 Å². The third-order valence-electron chi connectivity index (χ3n) is 3.79. The lowest BCUT2D eigenvalue weighted by molar-refractivity contribution is -0.392. The number of benzene rings is 2. The van der Waals surface area contributed by atoms with Crippen molar-refractivity contribution in [1.82, 2.24) is 5.32 Å². The van der Waals surface area contributed by atoms with Crippen LogP contribution in [0.1, 0.15) is 21.5 Å². The van der Waals surface area contributed by atoms with Crippen LogP contribution in [0.25, 0.3) is 0 Å². The van der Waals surface area contributed by atoms with Crippen molar-refractivity contribution in [1.29, 1.82) is 0 Å². The minimum Gasteiger partial charge on any atom is -0.480 e. The molecule has 0 atom stereocenters. The molecule has 0 fully saturated rings. The number of nitro benzene ring substituents is 2. The molecule has 2 rings (SSSR count). The number of rotatable bonds is 7. The van der Waals surface area contributed by atoms with Crippen LogP contribution in [0.15, 0.2) is 30.3 Å². The summed E-state index contributed by atoms with van der Waals surface area (Å²) in [7, 11) is 0. The number of amides is 1. The zero-order chi connectivity index (χ0) is 21.0. The van der Waals surface area contributed by atoms with Gasteiger partial charge in [0.25, 0.3) is 5.91 Å². The number of nitro groups is 2. The van der Waals surface area contributed by atoms with Crippen molar-refractivity contribution in [3.63, 3.8) is 0 Å². The Kier molecular flexibility index (Phi) is 5.88. The molecule has 0 saturated carbocycles. The summed E-state index contributed by atoms with van der Waals surface area (Å²) in [6.07, 6.45) is 0. The van der Waals surface area contributed by atoms with Crippen LogP contribution >= 0.6 is 0 Å². The first kappa shape index (κ1) is 20.3. The van der Waals surface area contributed by atoms with Gasteiger partial charge in [-0.05, 0) is 25.5 Å². The van der Waals surface area contributed by atoms with Crippen molar-refractivity contribution in [2.45, 2.75) is 13.8 Å². The maximum absolute atomic E-state index is 12.0. The first-order chi connectivity index (χ1) is 13.1. The Morgan fingerprint density at radius 1 is 1.04 bits per heavy atom. The van der Waals surface area contributed by atoms with Crippen molar-refractivity contribution in [3.8, 4) is 0 Å². The van der Waals surface area contributed by atoms with E-state index in [2.05, 4.69) is 5.32 Å². The smallest absolute Gasteiger partial charge is 0.322 e. The van der Waals surface area contributed by atoms with Gasteiger partial charge in [-0.15, -0.1) is 0 Å². The number of carboxylic acid groups (broad SMARTS) is 1. The van der Waals surface area contributed by atoms with Crippen LogP contribution in [0.4, 0.5) is 22.7 Å². The lowest BCUT2D eigenvalue weighted by atomic mass is 10.1. The molecular formula is C17H16N4O7. The highest BCUT2D eigenvalue weighted by Crippen LogP contribution is 2.38. The molecule has 0 spiro atoms. The molecular weight excluding hydrogens is 372 g/mol. The Morgan fingerprint density at radius 2 is 1.61 bits per heavy atom. The molecule has 2 aromatic carbocycles. The molecule has 1 amide bonds. The van der Waals surface area contributed by atoms with Gasteiger partial charge in [0.15, 0.2) is 5.69 Å². The second kappa shape index (κ2) is 8.12.